The van der Waals surface area contributed by atoms with Gasteiger partial charge in [-0.1, -0.05) is 6.92 Å². The predicted octanol–water partition coefficient (Wildman–Crippen LogP) is -0.356. The standard InChI is InChI=1S/C12H22N4O2/c1-8-6-16(5-4-10(8)13)7-11(17)15-12(18)14-9-2-3-9/h8-10H,2-7,13H2,1H3,(H2,14,15,17,18). The first kappa shape index (κ1) is 13.3. The predicted molar refractivity (Wildman–Crippen MR) is 67.9 cm³/mol. The maximum atomic E-state index is 11.7. The molecule has 1 saturated heterocycles. The van der Waals surface area contributed by atoms with Crippen molar-refractivity contribution in [1.29, 1.82) is 0 Å². The molecule has 2 aliphatic rings. The molecule has 0 aromatic rings. The van der Waals surface area contributed by atoms with E-state index in [-0.39, 0.29) is 30.6 Å². The van der Waals surface area contributed by atoms with Gasteiger partial charge in [0.15, 0.2) is 0 Å². The molecule has 4 N–H and O–H groups in total. The zero-order valence-corrected chi connectivity index (χ0v) is 10.8. The zero-order valence-electron chi connectivity index (χ0n) is 10.8. The third-order valence-electron chi connectivity index (χ3n) is 3.59. The minimum atomic E-state index is -0.371. The molecule has 0 radical (unpaired) electrons. The van der Waals surface area contributed by atoms with Crippen LogP contribution in [-0.4, -0.2) is 48.6 Å². The molecule has 0 aromatic carbocycles. The van der Waals surface area contributed by atoms with E-state index in [2.05, 4.69) is 17.6 Å². The number of carbonyl (C=O) groups excluding carboxylic acids is 2. The maximum Gasteiger partial charge on any atom is 0.321 e. The summed E-state index contributed by atoms with van der Waals surface area (Å²) in [6.45, 7) is 4.01. The van der Waals surface area contributed by atoms with Crippen LogP contribution < -0.4 is 16.4 Å². The van der Waals surface area contributed by atoms with Crippen molar-refractivity contribution in [3.8, 4) is 0 Å². The molecule has 0 spiro atoms. The highest BCUT2D eigenvalue weighted by molar-refractivity contribution is 5.95. The number of likely N-dealkylation sites (tertiary alicyclic amines) is 1. The van der Waals surface area contributed by atoms with Crippen LogP contribution in [-0.2, 0) is 4.79 Å². The smallest absolute Gasteiger partial charge is 0.321 e. The molecule has 2 rings (SSSR count). The molecular formula is C12H22N4O2. The molecule has 1 heterocycles. The number of imide groups is 1. The number of hydrogen-bond donors (Lipinski definition) is 3. The van der Waals surface area contributed by atoms with E-state index < -0.39 is 0 Å². The Morgan fingerprint density at radius 2 is 2.06 bits per heavy atom. The molecule has 1 aliphatic heterocycles. The van der Waals surface area contributed by atoms with Crippen LogP contribution in [0.25, 0.3) is 0 Å². The number of nitrogens with two attached hydrogens (primary N) is 1. The Balaban J connectivity index is 1.68. The number of nitrogens with zero attached hydrogens (tertiary/aromatic N) is 1. The summed E-state index contributed by atoms with van der Waals surface area (Å²) in [4.78, 5) is 25.1. The lowest BCUT2D eigenvalue weighted by Crippen LogP contribution is -2.50. The van der Waals surface area contributed by atoms with E-state index >= 15 is 0 Å². The van der Waals surface area contributed by atoms with Crippen molar-refractivity contribution in [3.05, 3.63) is 0 Å². The Morgan fingerprint density at radius 1 is 1.33 bits per heavy atom. The van der Waals surface area contributed by atoms with Crippen LogP contribution in [0.3, 0.4) is 0 Å². The Labute approximate surface area is 107 Å². The maximum absolute atomic E-state index is 11.7. The molecule has 2 unspecified atom stereocenters. The van der Waals surface area contributed by atoms with Crippen LogP contribution in [0.2, 0.25) is 0 Å². The Bertz CT molecular complexity index is 330. The van der Waals surface area contributed by atoms with E-state index in [0.717, 1.165) is 32.4 Å². The summed E-state index contributed by atoms with van der Waals surface area (Å²) in [5.74, 6) is 0.155. The van der Waals surface area contributed by atoms with Gasteiger partial charge in [0.05, 0.1) is 6.54 Å². The third kappa shape index (κ3) is 3.96. The van der Waals surface area contributed by atoms with Crippen LogP contribution >= 0.6 is 0 Å². The number of nitrogens with one attached hydrogen (secondary N) is 2. The van der Waals surface area contributed by atoms with Crippen LogP contribution in [0.4, 0.5) is 4.79 Å². The lowest BCUT2D eigenvalue weighted by atomic mass is 9.95. The van der Waals surface area contributed by atoms with Gasteiger partial charge in [-0.3, -0.25) is 15.0 Å². The molecule has 6 nitrogen and oxygen atoms in total. The molecule has 18 heavy (non-hydrogen) atoms. The fourth-order valence-corrected chi connectivity index (χ4v) is 2.21. The van der Waals surface area contributed by atoms with E-state index in [4.69, 9.17) is 5.73 Å². The van der Waals surface area contributed by atoms with E-state index in [1.807, 2.05) is 4.90 Å². The number of rotatable bonds is 3. The van der Waals surface area contributed by atoms with Crippen molar-refractivity contribution in [2.75, 3.05) is 19.6 Å². The van der Waals surface area contributed by atoms with Crippen LogP contribution in [0.15, 0.2) is 0 Å². The number of hydrogen-bond acceptors (Lipinski definition) is 4. The fourth-order valence-electron chi connectivity index (χ4n) is 2.21. The topological polar surface area (TPSA) is 87.5 Å². The van der Waals surface area contributed by atoms with Crippen molar-refractivity contribution in [3.63, 3.8) is 0 Å². The average Bonchev–Trinajstić information content (AvgIpc) is 3.07. The first-order valence-corrected chi connectivity index (χ1v) is 6.63. The summed E-state index contributed by atoms with van der Waals surface area (Å²) in [6.07, 6.45) is 2.94. The van der Waals surface area contributed by atoms with Crippen molar-refractivity contribution in [2.45, 2.75) is 38.3 Å². The highest BCUT2D eigenvalue weighted by atomic mass is 16.2. The molecule has 0 aromatic heterocycles. The SMILES string of the molecule is CC1CN(CC(=O)NC(=O)NC2CC2)CCC1N. The number of piperidine rings is 1. The first-order chi connectivity index (χ1) is 8.54. The molecule has 2 fully saturated rings. The van der Waals surface area contributed by atoms with Gasteiger partial charge in [0.1, 0.15) is 0 Å². The van der Waals surface area contributed by atoms with Gasteiger partial charge in [-0.25, -0.2) is 4.79 Å². The van der Waals surface area contributed by atoms with Gasteiger partial charge < -0.3 is 11.1 Å². The quantitative estimate of drug-likeness (QED) is 0.642. The minimum absolute atomic E-state index is 0.225. The van der Waals surface area contributed by atoms with Gasteiger partial charge >= 0.3 is 6.03 Å². The second kappa shape index (κ2) is 5.67. The van der Waals surface area contributed by atoms with E-state index in [1.54, 1.807) is 0 Å². The van der Waals surface area contributed by atoms with Crippen LogP contribution in [0.1, 0.15) is 26.2 Å². The molecule has 1 aliphatic carbocycles. The molecule has 0 bridgehead atoms. The molecule has 2 atom stereocenters. The second-order valence-corrected chi connectivity index (χ2v) is 5.46. The van der Waals surface area contributed by atoms with Gasteiger partial charge in [-0.2, -0.15) is 0 Å². The minimum Gasteiger partial charge on any atom is -0.335 e. The average molecular weight is 254 g/mol. The summed E-state index contributed by atoms with van der Waals surface area (Å²) in [5, 5.41) is 5.09. The first-order valence-electron chi connectivity index (χ1n) is 6.63. The lowest BCUT2D eigenvalue weighted by molar-refractivity contribution is -0.121. The summed E-state index contributed by atoms with van der Waals surface area (Å²) < 4.78 is 0. The molecular weight excluding hydrogens is 232 g/mol. The van der Waals surface area contributed by atoms with Gasteiger partial charge in [-0.05, 0) is 25.2 Å². The van der Waals surface area contributed by atoms with Crippen molar-refractivity contribution in [2.24, 2.45) is 11.7 Å². The third-order valence-corrected chi connectivity index (χ3v) is 3.59. The number of urea groups is 1. The Kier molecular flexibility index (Phi) is 4.19. The number of carbonyl (C=O) groups is 2. The number of amides is 3. The summed E-state index contributed by atoms with van der Waals surface area (Å²) in [7, 11) is 0. The molecule has 102 valence electrons. The molecule has 3 amide bonds. The lowest BCUT2D eigenvalue weighted by Gasteiger charge is -2.34. The highest BCUT2D eigenvalue weighted by Gasteiger charge is 2.26. The Morgan fingerprint density at radius 3 is 2.67 bits per heavy atom. The monoisotopic (exact) mass is 254 g/mol. The van der Waals surface area contributed by atoms with Gasteiger partial charge in [0.2, 0.25) is 5.91 Å². The van der Waals surface area contributed by atoms with Crippen molar-refractivity contribution < 1.29 is 9.59 Å². The van der Waals surface area contributed by atoms with E-state index in [0.29, 0.717) is 5.92 Å². The largest absolute Gasteiger partial charge is 0.335 e. The van der Waals surface area contributed by atoms with Gasteiger partial charge in [-0.15, -0.1) is 0 Å². The van der Waals surface area contributed by atoms with Gasteiger partial charge in [0, 0.05) is 25.2 Å². The fraction of sp³-hybridized carbons (Fsp3) is 0.833. The van der Waals surface area contributed by atoms with E-state index in [1.165, 1.54) is 0 Å². The summed E-state index contributed by atoms with van der Waals surface area (Å²) >= 11 is 0. The van der Waals surface area contributed by atoms with Crippen LogP contribution in [0.5, 0.6) is 0 Å². The van der Waals surface area contributed by atoms with Crippen molar-refractivity contribution in [1.82, 2.24) is 15.5 Å². The summed E-state index contributed by atoms with van der Waals surface area (Å²) in [6, 6.07) is 0.123. The second-order valence-electron chi connectivity index (χ2n) is 5.46. The molecule has 1 saturated carbocycles. The highest BCUT2D eigenvalue weighted by Crippen LogP contribution is 2.18. The Hall–Kier alpha value is -1.14. The van der Waals surface area contributed by atoms with Crippen molar-refractivity contribution >= 4 is 11.9 Å². The van der Waals surface area contributed by atoms with Gasteiger partial charge in [0.25, 0.3) is 0 Å². The van der Waals surface area contributed by atoms with Crippen LogP contribution in [0, 0.1) is 5.92 Å². The summed E-state index contributed by atoms with van der Waals surface area (Å²) in [5.41, 5.74) is 5.92. The zero-order chi connectivity index (χ0) is 13.1. The van der Waals surface area contributed by atoms with E-state index in [9.17, 15) is 9.59 Å². The molecule has 6 heteroatoms. The normalized spacial score (nSPS) is 28.8.